The minimum Gasteiger partial charge on any atom is -0.348 e. The van der Waals surface area contributed by atoms with Gasteiger partial charge in [0.1, 0.15) is 0 Å². The van der Waals surface area contributed by atoms with E-state index in [0.29, 0.717) is 13.0 Å². The lowest BCUT2D eigenvalue weighted by atomic mass is 9.77. The highest BCUT2D eigenvalue weighted by Gasteiger charge is 2.62. The van der Waals surface area contributed by atoms with Crippen molar-refractivity contribution in [3.63, 3.8) is 0 Å². The highest BCUT2D eigenvalue weighted by Crippen LogP contribution is 2.58. The van der Waals surface area contributed by atoms with E-state index in [1.165, 1.54) is 0 Å². The molecule has 0 N–H and O–H groups in total. The lowest BCUT2D eigenvalue weighted by molar-refractivity contribution is -0.188. The fraction of sp³-hybridized carbons (Fsp3) is 0.875. The highest BCUT2D eigenvalue weighted by molar-refractivity contribution is 7.87. The van der Waals surface area contributed by atoms with Gasteiger partial charge in [0, 0.05) is 11.8 Å². The summed E-state index contributed by atoms with van der Waals surface area (Å²) in [5.74, 6) is -0.919. The number of ether oxygens (including phenoxy) is 1. The summed E-state index contributed by atoms with van der Waals surface area (Å²) in [6.45, 7) is 4.43. The van der Waals surface area contributed by atoms with Crippen molar-refractivity contribution in [3.8, 4) is 0 Å². The first-order valence-corrected chi connectivity index (χ1v) is 9.70. The maximum atomic E-state index is 12.7. The van der Waals surface area contributed by atoms with Crippen molar-refractivity contribution in [1.29, 1.82) is 0 Å². The van der Waals surface area contributed by atoms with E-state index in [9.17, 15) is 8.42 Å². The maximum absolute atomic E-state index is 12.7. The van der Waals surface area contributed by atoms with Gasteiger partial charge in [-0.15, -0.1) is 6.58 Å². The Kier molecular flexibility index (Phi) is 4.19. The van der Waals surface area contributed by atoms with Gasteiger partial charge in [0.25, 0.3) is 10.1 Å². The third-order valence-corrected chi connectivity index (χ3v) is 7.42. The van der Waals surface area contributed by atoms with E-state index >= 15 is 0 Å². The van der Waals surface area contributed by atoms with Crippen LogP contribution in [0.5, 0.6) is 0 Å². The second kappa shape index (κ2) is 5.67. The molecule has 1 heterocycles. The minimum atomic E-state index is -3.55. The van der Waals surface area contributed by atoms with Crippen LogP contribution in [0.25, 0.3) is 0 Å². The monoisotopic (exact) mass is 314 g/mol. The Morgan fingerprint density at radius 2 is 1.90 bits per heavy atom. The van der Waals surface area contributed by atoms with Gasteiger partial charge >= 0.3 is 0 Å². The standard InChI is InChI=1S/C16H26O4S/c1-2-9-15-10-6-11-16(15,19-13-12-15)20-21(17,18)14-7-4-3-5-8-14/h2,14H,1,3-13H2. The molecule has 3 fully saturated rings. The summed E-state index contributed by atoms with van der Waals surface area (Å²) in [4.78, 5) is 0. The van der Waals surface area contributed by atoms with Gasteiger partial charge in [0.05, 0.1) is 11.9 Å². The van der Waals surface area contributed by atoms with Crippen LogP contribution in [-0.2, 0) is 19.0 Å². The largest absolute Gasteiger partial charge is 0.348 e. The average molecular weight is 314 g/mol. The fourth-order valence-electron chi connectivity index (χ4n) is 4.47. The van der Waals surface area contributed by atoms with Gasteiger partial charge in [-0.2, -0.15) is 8.42 Å². The Morgan fingerprint density at radius 3 is 2.62 bits per heavy atom. The molecule has 0 radical (unpaired) electrons. The zero-order valence-corrected chi connectivity index (χ0v) is 13.5. The molecule has 3 rings (SSSR count). The number of hydrogen-bond donors (Lipinski definition) is 0. The predicted octanol–water partition coefficient (Wildman–Crippen LogP) is 3.53. The number of fused-ring (bicyclic) bond motifs is 1. The summed E-state index contributed by atoms with van der Waals surface area (Å²) >= 11 is 0. The molecule has 3 aliphatic rings. The topological polar surface area (TPSA) is 52.6 Å². The molecule has 2 unspecified atom stereocenters. The van der Waals surface area contributed by atoms with Crippen LogP contribution in [0.2, 0.25) is 0 Å². The molecular weight excluding hydrogens is 288 g/mol. The smallest absolute Gasteiger partial charge is 0.272 e. The summed E-state index contributed by atoms with van der Waals surface area (Å²) < 4.78 is 37.1. The Hall–Kier alpha value is -0.390. The molecule has 1 aliphatic heterocycles. The van der Waals surface area contributed by atoms with Crippen LogP contribution in [0.4, 0.5) is 0 Å². The Morgan fingerprint density at radius 1 is 1.14 bits per heavy atom. The first kappa shape index (κ1) is 15.5. The fourth-order valence-corrected chi connectivity index (χ4v) is 6.20. The third kappa shape index (κ3) is 2.57. The summed E-state index contributed by atoms with van der Waals surface area (Å²) in [7, 11) is -3.55. The van der Waals surface area contributed by atoms with Gasteiger partial charge in [0.15, 0.2) is 5.79 Å². The van der Waals surface area contributed by atoms with Crippen LogP contribution in [0.1, 0.15) is 64.2 Å². The van der Waals surface area contributed by atoms with Gasteiger partial charge in [-0.25, -0.2) is 4.18 Å². The molecule has 0 aromatic carbocycles. The van der Waals surface area contributed by atoms with Crippen LogP contribution >= 0.6 is 0 Å². The van der Waals surface area contributed by atoms with Crippen LogP contribution in [0.15, 0.2) is 12.7 Å². The zero-order valence-electron chi connectivity index (χ0n) is 12.7. The van der Waals surface area contributed by atoms with Gasteiger partial charge < -0.3 is 4.74 Å². The Bertz CT molecular complexity index is 480. The molecule has 2 atom stereocenters. The normalized spacial score (nSPS) is 37.5. The summed E-state index contributed by atoms with van der Waals surface area (Å²) in [5, 5.41) is -0.341. The van der Waals surface area contributed by atoms with Crippen LogP contribution in [0, 0.1) is 5.41 Å². The maximum Gasteiger partial charge on any atom is 0.272 e. The van der Waals surface area contributed by atoms with Crippen LogP contribution < -0.4 is 0 Å². The highest BCUT2D eigenvalue weighted by atomic mass is 32.2. The van der Waals surface area contributed by atoms with Crippen molar-refractivity contribution < 1.29 is 17.3 Å². The Labute approximate surface area is 128 Å². The molecule has 0 aromatic heterocycles. The summed E-state index contributed by atoms with van der Waals surface area (Å²) in [6.07, 6.45) is 10.7. The molecule has 1 saturated heterocycles. The van der Waals surface area contributed by atoms with Gasteiger partial charge in [-0.05, 0) is 38.5 Å². The third-order valence-electron chi connectivity index (χ3n) is 5.63. The molecule has 0 aromatic rings. The van der Waals surface area contributed by atoms with E-state index < -0.39 is 15.9 Å². The van der Waals surface area contributed by atoms with Crippen molar-refractivity contribution in [2.24, 2.45) is 5.41 Å². The molecule has 0 spiro atoms. The second-order valence-corrected chi connectivity index (χ2v) is 8.63. The van der Waals surface area contributed by atoms with Crippen molar-refractivity contribution in [3.05, 3.63) is 12.7 Å². The lowest BCUT2D eigenvalue weighted by Crippen LogP contribution is -2.46. The van der Waals surface area contributed by atoms with Gasteiger partial charge in [-0.3, -0.25) is 0 Å². The van der Waals surface area contributed by atoms with Crippen molar-refractivity contribution in [2.45, 2.75) is 75.2 Å². The van der Waals surface area contributed by atoms with Gasteiger partial charge in [-0.1, -0.05) is 25.3 Å². The second-order valence-electron chi connectivity index (χ2n) is 6.81. The van der Waals surface area contributed by atoms with E-state index in [-0.39, 0.29) is 10.7 Å². The van der Waals surface area contributed by atoms with E-state index in [4.69, 9.17) is 8.92 Å². The molecule has 2 saturated carbocycles. The molecule has 21 heavy (non-hydrogen) atoms. The van der Waals surface area contributed by atoms with E-state index in [1.807, 2.05) is 6.08 Å². The molecular formula is C16H26O4S. The molecule has 0 bridgehead atoms. The molecule has 5 heteroatoms. The zero-order chi connectivity index (χ0) is 15.0. The van der Waals surface area contributed by atoms with Gasteiger partial charge in [0.2, 0.25) is 0 Å². The van der Waals surface area contributed by atoms with E-state index in [1.54, 1.807) is 0 Å². The number of allylic oxidation sites excluding steroid dienone is 1. The Balaban J connectivity index is 1.83. The minimum absolute atomic E-state index is 0.184. The van der Waals surface area contributed by atoms with E-state index in [2.05, 4.69) is 6.58 Å². The van der Waals surface area contributed by atoms with Crippen LogP contribution in [0.3, 0.4) is 0 Å². The first-order chi connectivity index (χ1) is 10.0. The predicted molar refractivity (Wildman–Crippen MR) is 81.3 cm³/mol. The first-order valence-electron chi connectivity index (χ1n) is 8.23. The molecule has 0 amide bonds. The quantitative estimate of drug-likeness (QED) is 0.575. The van der Waals surface area contributed by atoms with Crippen molar-refractivity contribution in [1.82, 2.24) is 0 Å². The number of hydrogen-bond acceptors (Lipinski definition) is 4. The van der Waals surface area contributed by atoms with Crippen molar-refractivity contribution >= 4 is 10.1 Å². The van der Waals surface area contributed by atoms with Crippen LogP contribution in [-0.4, -0.2) is 26.1 Å². The molecule has 2 aliphatic carbocycles. The lowest BCUT2D eigenvalue weighted by Gasteiger charge is -2.38. The van der Waals surface area contributed by atoms with Crippen molar-refractivity contribution in [2.75, 3.05) is 6.61 Å². The average Bonchev–Trinajstić information content (AvgIpc) is 2.94. The van der Waals surface area contributed by atoms with E-state index in [0.717, 1.165) is 57.8 Å². The SMILES string of the molecule is C=CCC12CCCC1(OS(=O)(=O)C1CCCCC1)OCC2. The molecule has 120 valence electrons. The summed E-state index contributed by atoms with van der Waals surface area (Å²) in [6, 6.07) is 0. The number of rotatable bonds is 5. The summed E-state index contributed by atoms with van der Waals surface area (Å²) in [5.41, 5.74) is -0.184. The molecule has 4 nitrogen and oxygen atoms in total.